The number of nitrogens with two attached hydrogens (primary N) is 1. The van der Waals surface area contributed by atoms with Crippen molar-refractivity contribution in [2.75, 3.05) is 0 Å². The molecule has 1 amide bonds. The summed E-state index contributed by atoms with van der Waals surface area (Å²) in [6.45, 7) is 0. The van der Waals surface area contributed by atoms with Gasteiger partial charge in [0.15, 0.2) is 5.82 Å². The van der Waals surface area contributed by atoms with Crippen LogP contribution in [-0.4, -0.2) is 15.7 Å². The van der Waals surface area contributed by atoms with E-state index in [0.717, 1.165) is 0 Å². The van der Waals surface area contributed by atoms with Gasteiger partial charge in [0.2, 0.25) is 0 Å². The second kappa shape index (κ2) is 4.58. The van der Waals surface area contributed by atoms with Crippen molar-refractivity contribution in [2.24, 2.45) is 5.73 Å². The lowest BCUT2D eigenvalue weighted by molar-refractivity contribution is 0.100. The van der Waals surface area contributed by atoms with Crippen LogP contribution >= 0.6 is 15.9 Å². The predicted molar refractivity (Wildman–Crippen MR) is 64.5 cm³/mol. The highest BCUT2D eigenvalue weighted by Gasteiger charge is 2.14. The number of carbonyl (C=O) groups excluding carboxylic acids is 1. The van der Waals surface area contributed by atoms with Crippen molar-refractivity contribution in [1.29, 1.82) is 5.26 Å². The molecular weight excluding hydrogens is 303 g/mol. The third-order valence-corrected chi connectivity index (χ3v) is 3.07. The summed E-state index contributed by atoms with van der Waals surface area (Å²) in [6.07, 6.45) is 2.56. The molecule has 2 rings (SSSR count). The molecule has 1 aromatic carbocycles. The molecule has 0 bridgehead atoms. The number of primary amides is 1. The Balaban J connectivity index is 2.55. The van der Waals surface area contributed by atoms with Gasteiger partial charge in [-0.2, -0.15) is 10.4 Å². The maximum Gasteiger partial charge on any atom is 0.251 e. The minimum absolute atomic E-state index is 0.0543. The first-order chi connectivity index (χ1) is 8.54. The number of rotatable bonds is 2. The SMILES string of the molecule is N#Cc1ccc(-n2cc(C(N)=O)cn2)c(F)c1Br. The molecule has 0 fully saturated rings. The minimum Gasteiger partial charge on any atom is -0.366 e. The van der Waals surface area contributed by atoms with E-state index in [-0.39, 0.29) is 21.3 Å². The van der Waals surface area contributed by atoms with Crippen LogP contribution in [0, 0.1) is 17.1 Å². The maximum atomic E-state index is 14.0. The molecule has 1 aromatic heterocycles. The Morgan fingerprint density at radius 1 is 1.56 bits per heavy atom. The van der Waals surface area contributed by atoms with Gasteiger partial charge in [-0.15, -0.1) is 0 Å². The van der Waals surface area contributed by atoms with Gasteiger partial charge in [0.1, 0.15) is 11.8 Å². The molecule has 18 heavy (non-hydrogen) atoms. The van der Waals surface area contributed by atoms with E-state index in [9.17, 15) is 9.18 Å². The maximum absolute atomic E-state index is 14.0. The number of nitriles is 1. The molecule has 2 N–H and O–H groups in total. The monoisotopic (exact) mass is 308 g/mol. The minimum atomic E-state index is -0.644. The fourth-order valence-electron chi connectivity index (χ4n) is 1.38. The van der Waals surface area contributed by atoms with E-state index < -0.39 is 11.7 Å². The summed E-state index contributed by atoms with van der Waals surface area (Å²) in [4.78, 5) is 10.9. The normalized spacial score (nSPS) is 10.1. The van der Waals surface area contributed by atoms with Gasteiger partial charge >= 0.3 is 0 Å². The largest absolute Gasteiger partial charge is 0.366 e. The standard InChI is InChI=1S/C11H6BrFN4O/c12-9-6(3-14)1-2-8(10(9)13)17-5-7(4-16-17)11(15)18/h1-2,4-5H,(H2,15,18). The topological polar surface area (TPSA) is 84.7 Å². The number of benzene rings is 1. The van der Waals surface area contributed by atoms with Crippen molar-refractivity contribution in [3.63, 3.8) is 0 Å². The zero-order chi connectivity index (χ0) is 13.3. The Labute approximate surface area is 110 Å². The van der Waals surface area contributed by atoms with Crippen LogP contribution in [0.15, 0.2) is 29.0 Å². The molecule has 0 saturated heterocycles. The molecule has 5 nitrogen and oxygen atoms in total. The molecule has 0 saturated carbocycles. The lowest BCUT2D eigenvalue weighted by Gasteiger charge is -2.05. The van der Waals surface area contributed by atoms with Gasteiger partial charge in [0.25, 0.3) is 5.91 Å². The smallest absolute Gasteiger partial charge is 0.251 e. The third-order valence-electron chi connectivity index (χ3n) is 2.30. The Morgan fingerprint density at radius 3 is 2.83 bits per heavy atom. The second-order valence-corrected chi connectivity index (χ2v) is 4.20. The molecule has 0 unspecified atom stereocenters. The average Bonchev–Trinajstić information content (AvgIpc) is 2.82. The third kappa shape index (κ3) is 1.98. The van der Waals surface area contributed by atoms with Crippen molar-refractivity contribution in [3.05, 3.63) is 45.9 Å². The number of aromatic nitrogens is 2. The van der Waals surface area contributed by atoms with E-state index in [4.69, 9.17) is 11.0 Å². The molecule has 2 aromatic rings. The van der Waals surface area contributed by atoms with Crippen LogP contribution in [0.4, 0.5) is 4.39 Å². The van der Waals surface area contributed by atoms with E-state index in [0.29, 0.717) is 0 Å². The highest BCUT2D eigenvalue weighted by Crippen LogP contribution is 2.25. The highest BCUT2D eigenvalue weighted by atomic mass is 79.9. The predicted octanol–water partition coefficient (Wildman–Crippen LogP) is 1.74. The van der Waals surface area contributed by atoms with Crippen LogP contribution < -0.4 is 5.73 Å². The zero-order valence-electron chi connectivity index (χ0n) is 8.89. The van der Waals surface area contributed by atoms with E-state index in [1.165, 1.54) is 29.2 Å². The molecule has 0 aliphatic rings. The lowest BCUT2D eigenvalue weighted by atomic mass is 10.2. The zero-order valence-corrected chi connectivity index (χ0v) is 10.5. The van der Waals surface area contributed by atoms with E-state index in [1.807, 2.05) is 6.07 Å². The summed E-state index contributed by atoms with van der Waals surface area (Å²) >= 11 is 2.99. The van der Waals surface area contributed by atoms with E-state index in [1.54, 1.807) is 0 Å². The lowest BCUT2D eigenvalue weighted by Crippen LogP contribution is -2.09. The highest BCUT2D eigenvalue weighted by molar-refractivity contribution is 9.10. The van der Waals surface area contributed by atoms with Gasteiger partial charge < -0.3 is 5.73 Å². The molecule has 0 spiro atoms. The van der Waals surface area contributed by atoms with Gasteiger partial charge in [-0.1, -0.05) is 0 Å². The van der Waals surface area contributed by atoms with Gasteiger partial charge in [0, 0.05) is 6.20 Å². The van der Waals surface area contributed by atoms with Gasteiger partial charge in [-0.05, 0) is 28.1 Å². The van der Waals surface area contributed by atoms with Crippen LogP contribution in [0.2, 0.25) is 0 Å². The molecule has 0 atom stereocenters. The van der Waals surface area contributed by atoms with Crippen molar-refractivity contribution in [3.8, 4) is 11.8 Å². The summed E-state index contributed by atoms with van der Waals surface area (Å²) in [6, 6.07) is 4.70. The number of amides is 1. The molecule has 90 valence electrons. The second-order valence-electron chi connectivity index (χ2n) is 3.41. The van der Waals surface area contributed by atoms with E-state index >= 15 is 0 Å². The summed E-state index contributed by atoms with van der Waals surface area (Å²) < 4.78 is 15.2. The van der Waals surface area contributed by atoms with Crippen molar-refractivity contribution in [2.45, 2.75) is 0 Å². The first-order valence-corrected chi connectivity index (χ1v) is 5.57. The van der Waals surface area contributed by atoms with Crippen LogP contribution in [-0.2, 0) is 0 Å². The Bertz CT molecular complexity index is 674. The van der Waals surface area contributed by atoms with Crippen LogP contribution in [0.5, 0.6) is 0 Å². The molecule has 1 heterocycles. The number of carbonyl (C=O) groups is 1. The van der Waals surface area contributed by atoms with Crippen molar-refractivity contribution >= 4 is 21.8 Å². The van der Waals surface area contributed by atoms with Crippen LogP contribution in [0.25, 0.3) is 5.69 Å². The summed E-state index contributed by atoms with van der Waals surface area (Å²) in [5.41, 5.74) is 5.55. The summed E-state index contributed by atoms with van der Waals surface area (Å²) in [7, 11) is 0. The van der Waals surface area contributed by atoms with Gasteiger partial charge in [0.05, 0.1) is 21.8 Å². The Hall–Kier alpha value is -2.20. The van der Waals surface area contributed by atoms with Gasteiger partial charge in [-0.3, -0.25) is 4.79 Å². The molecule has 0 aliphatic heterocycles. The van der Waals surface area contributed by atoms with E-state index in [2.05, 4.69) is 21.0 Å². The van der Waals surface area contributed by atoms with Gasteiger partial charge in [-0.25, -0.2) is 9.07 Å². The summed E-state index contributed by atoms with van der Waals surface area (Å²) in [5.74, 6) is -1.28. The fraction of sp³-hybridized carbons (Fsp3) is 0. The van der Waals surface area contributed by atoms with Crippen LogP contribution in [0.3, 0.4) is 0 Å². The van der Waals surface area contributed by atoms with Crippen molar-refractivity contribution < 1.29 is 9.18 Å². The number of hydrogen-bond acceptors (Lipinski definition) is 3. The van der Waals surface area contributed by atoms with Crippen molar-refractivity contribution in [1.82, 2.24) is 9.78 Å². The Kier molecular flexibility index (Phi) is 3.12. The molecule has 0 aliphatic carbocycles. The number of nitrogens with zero attached hydrogens (tertiary/aromatic N) is 3. The fourth-order valence-corrected chi connectivity index (χ4v) is 1.81. The molecule has 7 heteroatoms. The molecular formula is C11H6BrFN4O. The molecule has 0 radical (unpaired) electrons. The van der Waals surface area contributed by atoms with Crippen LogP contribution in [0.1, 0.15) is 15.9 Å². The quantitative estimate of drug-likeness (QED) is 0.917. The average molecular weight is 309 g/mol. The first kappa shape index (κ1) is 12.3. The number of hydrogen-bond donors (Lipinski definition) is 1. The number of halogens is 2. The first-order valence-electron chi connectivity index (χ1n) is 4.77. The summed E-state index contributed by atoms with van der Waals surface area (Å²) in [5, 5.41) is 12.6. The Morgan fingerprint density at radius 2 is 2.28 bits per heavy atom.